The number of carbonyl (C=O) groups is 1. The van der Waals surface area contributed by atoms with Gasteiger partial charge in [0.2, 0.25) is 0 Å². The number of hydrogen-bond donors (Lipinski definition) is 3. The molecule has 0 saturated heterocycles. The Morgan fingerprint density at radius 1 is 1.52 bits per heavy atom. The van der Waals surface area contributed by atoms with Crippen LogP contribution < -0.4 is 15.8 Å². The van der Waals surface area contributed by atoms with E-state index in [1.165, 1.54) is 11.3 Å². The summed E-state index contributed by atoms with van der Waals surface area (Å²) in [6, 6.07) is 7.56. The zero-order valence-corrected chi connectivity index (χ0v) is 14.3. The molecule has 2 rings (SSSR count). The molecule has 0 radical (unpaired) electrons. The van der Waals surface area contributed by atoms with Crippen molar-refractivity contribution < 1.29 is 14.6 Å². The van der Waals surface area contributed by atoms with Gasteiger partial charge in [-0.3, -0.25) is 4.79 Å². The second kappa shape index (κ2) is 9.46. The molecule has 1 atom stereocenters. The monoisotopic (exact) mass is 357 g/mol. The number of aromatic nitrogens is 1. The lowest BCUT2D eigenvalue weighted by atomic mass is 10.2. The lowest BCUT2D eigenvalue weighted by Gasteiger charge is -2.13. The molecule has 4 N–H and O–H groups in total. The molecule has 0 saturated carbocycles. The first kappa shape index (κ1) is 19.4. The zero-order chi connectivity index (χ0) is 15.9. The van der Waals surface area contributed by atoms with Crippen molar-refractivity contribution in [2.45, 2.75) is 19.6 Å². The molecular weight excluding hydrogens is 338 g/mol. The number of aryl methyl sites for hydroxylation is 1. The van der Waals surface area contributed by atoms with Crippen molar-refractivity contribution in [3.05, 3.63) is 45.9 Å². The van der Waals surface area contributed by atoms with Gasteiger partial charge in [-0.15, -0.1) is 23.7 Å². The molecule has 2 aromatic rings. The van der Waals surface area contributed by atoms with Gasteiger partial charge in [-0.1, -0.05) is 12.1 Å². The van der Waals surface area contributed by atoms with Crippen LogP contribution in [-0.2, 0) is 6.54 Å². The summed E-state index contributed by atoms with van der Waals surface area (Å²) in [5.41, 5.74) is 6.85. The summed E-state index contributed by atoms with van der Waals surface area (Å²) in [5, 5.41) is 14.8. The van der Waals surface area contributed by atoms with Crippen LogP contribution in [0.2, 0.25) is 0 Å². The summed E-state index contributed by atoms with van der Waals surface area (Å²) in [7, 11) is 0. The van der Waals surface area contributed by atoms with E-state index in [9.17, 15) is 9.90 Å². The molecule has 0 aliphatic carbocycles. The minimum Gasteiger partial charge on any atom is -0.491 e. The second-order valence-electron chi connectivity index (χ2n) is 4.82. The van der Waals surface area contributed by atoms with Crippen molar-refractivity contribution in [2.75, 3.05) is 13.2 Å². The molecule has 0 spiro atoms. The Morgan fingerprint density at radius 2 is 2.30 bits per heavy atom. The number of amides is 1. The number of carbonyl (C=O) groups excluding carboxylic acids is 1. The fourth-order valence-corrected chi connectivity index (χ4v) is 2.42. The van der Waals surface area contributed by atoms with E-state index in [1.807, 2.05) is 31.2 Å². The van der Waals surface area contributed by atoms with Gasteiger partial charge in [0, 0.05) is 18.5 Å². The summed E-state index contributed by atoms with van der Waals surface area (Å²) in [5.74, 6) is 0.364. The van der Waals surface area contributed by atoms with Crippen molar-refractivity contribution in [2.24, 2.45) is 5.73 Å². The van der Waals surface area contributed by atoms with Crippen molar-refractivity contribution >= 4 is 29.7 Å². The standard InChI is InChI=1S/C15H19N3O3S.ClH/c1-10-3-2-4-12(5-10)21-8-11(19)7-17-15(20)13-9-22-14(6-16)18-13;/h2-5,9,11,19H,6-8,16H2,1H3,(H,17,20);1H. The fraction of sp³-hybridized carbons (Fsp3) is 0.333. The average Bonchev–Trinajstić information content (AvgIpc) is 3.00. The highest BCUT2D eigenvalue weighted by Crippen LogP contribution is 2.12. The van der Waals surface area contributed by atoms with Crippen LogP contribution >= 0.6 is 23.7 Å². The summed E-state index contributed by atoms with van der Waals surface area (Å²) in [6.07, 6.45) is -0.794. The van der Waals surface area contributed by atoms with Crippen LogP contribution in [0.5, 0.6) is 5.75 Å². The number of nitrogens with two attached hydrogens (primary N) is 1. The molecule has 23 heavy (non-hydrogen) atoms. The number of halogens is 1. The number of thiazole rings is 1. The topological polar surface area (TPSA) is 97.5 Å². The minimum absolute atomic E-state index is 0. The molecule has 6 nitrogen and oxygen atoms in total. The van der Waals surface area contributed by atoms with Gasteiger partial charge in [0.05, 0.1) is 0 Å². The number of aliphatic hydroxyl groups excluding tert-OH is 1. The van der Waals surface area contributed by atoms with E-state index >= 15 is 0 Å². The number of benzene rings is 1. The largest absolute Gasteiger partial charge is 0.491 e. The van der Waals surface area contributed by atoms with E-state index in [-0.39, 0.29) is 31.5 Å². The third kappa shape index (κ3) is 6.15. The molecule has 126 valence electrons. The van der Waals surface area contributed by atoms with E-state index in [2.05, 4.69) is 10.3 Å². The first-order valence-electron chi connectivity index (χ1n) is 6.88. The Labute approximate surface area is 145 Å². The summed E-state index contributed by atoms with van der Waals surface area (Å²) >= 11 is 1.34. The molecule has 1 aromatic heterocycles. The van der Waals surface area contributed by atoms with Gasteiger partial charge in [-0.25, -0.2) is 4.98 Å². The Kier molecular flexibility index (Phi) is 7.97. The SMILES string of the molecule is Cc1cccc(OCC(O)CNC(=O)c2csc(CN)n2)c1.Cl. The maximum absolute atomic E-state index is 11.8. The summed E-state index contributed by atoms with van der Waals surface area (Å²) in [6.45, 7) is 2.48. The van der Waals surface area contributed by atoms with Crippen molar-refractivity contribution in [3.8, 4) is 5.75 Å². The van der Waals surface area contributed by atoms with Crippen molar-refractivity contribution in [1.29, 1.82) is 0 Å². The van der Waals surface area contributed by atoms with Crippen LogP contribution in [0.3, 0.4) is 0 Å². The molecule has 0 bridgehead atoms. The summed E-state index contributed by atoms with van der Waals surface area (Å²) < 4.78 is 5.48. The first-order valence-corrected chi connectivity index (χ1v) is 7.76. The first-order chi connectivity index (χ1) is 10.6. The Hall–Kier alpha value is -1.67. The molecule has 0 aliphatic heterocycles. The van der Waals surface area contributed by atoms with Gasteiger partial charge in [0.15, 0.2) is 0 Å². The molecule has 8 heteroatoms. The Bertz CT molecular complexity index is 636. The maximum atomic E-state index is 11.8. The van der Waals surface area contributed by atoms with Gasteiger partial charge in [0.1, 0.15) is 29.2 Å². The molecule has 0 aliphatic rings. The zero-order valence-electron chi connectivity index (χ0n) is 12.7. The Balaban J connectivity index is 0.00000264. The van der Waals surface area contributed by atoms with Gasteiger partial charge < -0.3 is 20.9 Å². The lowest BCUT2D eigenvalue weighted by molar-refractivity contribution is 0.0840. The quantitative estimate of drug-likeness (QED) is 0.697. The van der Waals surface area contributed by atoms with Crippen LogP contribution in [0.25, 0.3) is 0 Å². The number of nitrogens with one attached hydrogen (secondary N) is 1. The molecular formula is C15H20ClN3O3S. The molecule has 0 fully saturated rings. The molecule has 1 unspecified atom stereocenters. The van der Waals surface area contributed by atoms with Crippen LogP contribution in [0.4, 0.5) is 0 Å². The highest BCUT2D eigenvalue weighted by molar-refractivity contribution is 7.09. The van der Waals surface area contributed by atoms with E-state index in [0.717, 1.165) is 5.56 Å². The van der Waals surface area contributed by atoms with Gasteiger partial charge >= 0.3 is 0 Å². The third-order valence-electron chi connectivity index (χ3n) is 2.89. The summed E-state index contributed by atoms with van der Waals surface area (Å²) in [4.78, 5) is 15.9. The van der Waals surface area contributed by atoms with Gasteiger partial charge in [-0.2, -0.15) is 0 Å². The number of aliphatic hydroxyl groups is 1. The minimum atomic E-state index is -0.794. The second-order valence-corrected chi connectivity index (χ2v) is 5.76. The number of ether oxygens (including phenoxy) is 1. The van der Waals surface area contributed by atoms with Crippen LogP contribution in [-0.4, -0.2) is 35.3 Å². The van der Waals surface area contributed by atoms with Crippen molar-refractivity contribution in [1.82, 2.24) is 10.3 Å². The average molecular weight is 358 g/mol. The Morgan fingerprint density at radius 3 is 2.96 bits per heavy atom. The number of rotatable bonds is 7. The van der Waals surface area contributed by atoms with E-state index in [4.69, 9.17) is 10.5 Å². The highest BCUT2D eigenvalue weighted by atomic mass is 35.5. The molecule has 1 amide bonds. The number of nitrogens with zero attached hydrogens (tertiary/aromatic N) is 1. The lowest BCUT2D eigenvalue weighted by Crippen LogP contribution is -2.35. The van der Waals surface area contributed by atoms with Crippen LogP contribution in [0.15, 0.2) is 29.6 Å². The van der Waals surface area contributed by atoms with Crippen LogP contribution in [0, 0.1) is 6.92 Å². The van der Waals surface area contributed by atoms with Gasteiger partial charge in [0.25, 0.3) is 5.91 Å². The van der Waals surface area contributed by atoms with E-state index in [1.54, 1.807) is 5.38 Å². The predicted molar refractivity (Wildman–Crippen MR) is 92.3 cm³/mol. The molecule has 1 aromatic carbocycles. The predicted octanol–water partition coefficient (Wildman–Crippen LogP) is 1.50. The van der Waals surface area contributed by atoms with Crippen molar-refractivity contribution in [3.63, 3.8) is 0 Å². The maximum Gasteiger partial charge on any atom is 0.270 e. The fourth-order valence-electron chi connectivity index (χ4n) is 1.77. The molecule has 1 heterocycles. The highest BCUT2D eigenvalue weighted by Gasteiger charge is 2.12. The normalized spacial score (nSPS) is 11.4. The van der Waals surface area contributed by atoms with E-state index < -0.39 is 6.10 Å². The van der Waals surface area contributed by atoms with Gasteiger partial charge in [-0.05, 0) is 24.6 Å². The van der Waals surface area contributed by atoms with E-state index in [0.29, 0.717) is 23.0 Å². The third-order valence-corrected chi connectivity index (χ3v) is 3.76. The smallest absolute Gasteiger partial charge is 0.270 e. The number of hydrogen-bond acceptors (Lipinski definition) is 6. The van der Waals surface area contributed by atoms with Crippen LogP contribution in [0.1, 0.15) is 21.1 Å².